The molecule has 0 aromatic rings. The quantitative estimate of drug-likeness (QED) is 0.781. The Hall–Kier alpha value is -1.52. The van der Waals surface area contributed by atoms with E-state index in [0.29, 0.717) is 6.42 Å². The molecular weight excluding hydrogens is 258 g/mol. The van der Waals surface area contributed by atoms with Crippen molar-refractivity contribution in [3.8, 4) is 0 Å². The number of ether oxygens (including phenoxy) is 1. The van der Waals surface area contributed by atoms with Crippen LogP contribution in [-0.2, 0) is 9.53 Å². The van der Waals surface area contributed by atoms with Crippen molar-refractivity contribution in [2.75, 3.05) is 0 Å². The van der Waals surface area contributed by atoms with E-state index in [9.17, 15) is 14.7 Å². The van der Waals surface area contributed by atoms with Crippen LogP contribution in [0.2, 0.25) is 0 Å². The number of nitrogens with one attached hydrogen (secondary N) is 1. The van der Waals surface area contributed by atoms with Gasteiger partial charge in [-0.1, -0.05) is 18.6 Å². The number of hydrogen-bond acceptors (Lipinski definition) is 3. The lowest BCUT2D eigenvalue weighted by atomic mass is 9.77. The predicted octanol–water partition coefficient (Wildman–Crippen LogP) is 2.96. The molecule has 0 saturated carbocycles. The van der Waals surface area contributed by atoms with Crippen LogP contribution in [0.4, 0.5) is 4.79 Å². The van der Waals surface area contributed by atoms with Gasteiger partial charge in [0.2, 0.25) is 0 Å². The molecule has 5 nitrogen and oxygen atoms in total. The first kappa shape index (κ1) is 16.5. The highest BCUT2D eigenvalue weighted by molar-refractivity contribution is 5.80. The Morgan fingerprint density at radius 1 is 1.45 bits per heavy atom. The van der Waals surface area contributed by atoms with Crippen molar-refractivity contribution in [2.24, 2.45) is 11.8 Å². The van der Waals surface area contributed by atoms with E-state index in [1.807, 2.05) is 13.8 Å². The molecule has 5 heteroatoms. The molecule has 2 N–H and O–H groups in total. The molecule has 0 aromatic heterocycles. The van der Waals surface area contributed by atoms with Gasteiger partial charge in [0.15, 0.2) is 0 Å². The molecule has 0 bridgehead atoms. The van der Waals surface area contributed by atoms with E-state index in [1.54, 1.807) is 20.8 Å². The van der Waals surface area contributed by atoms with Crippen LogP contribution in [0.1, 0.15) is 47.5 Å². The maximum Gasteiger partial charge on any atom is 0.408 e. The number of carboxylic acids is 1. The maximum atomic E-state index is 11.8. The van der Waals surface area contributed by atoms with Gasteiger partial charge in [0.05, 0.1) is 0 Å². The summed E-state index contributed by atoms with van der Waals surface area (Å²) in [7, 11) is 0. The van der Waals surface area contributed by atoms with E-state index in [4.69, 9.17) is 4.74 Å². The molecule has 0 radical (unpaired) electrons. The summed E-state index contributed by atoms with van der Waals surface area (Å²) in [5.41, 5.74) is 0.636. The number of rotatable bonds is 3. The molecule has 0 spiro atoms. The number of hydrogen-bond donors (Lipinski definition) is 2. The summed E-state index contributed by atoms with van der Waals surface area (Å²) in [5, 5.41) is 11.9. The number of allylic oxidation sites excluding steroid dienone is 2. The van der Waals surface area contributed by atoms with Crippen molar-refractivity contribution in [1.82, 2.24) is 5.32 Å². The zero-order valence-corrected chi connectivity index (χ0v) is 12.9. The lowest BCUT2D eigenvalue weighted by molar-refractivity contribution is -0.141. The van der Waals surface area contributed by atoms with Crippen LogP contribution in [0.15, 0.2) is 11.6 Å². The van der Waals surface area contributed by atoms with Gasteiger partial charge in [-0.3, -0.25) is 0 Å². The second-order valence-corrected chi connectivity index (χ2v) is 6.59. The molecule has 114 valence electrons. The average Bonchev–Trinajstić information content (AvgIpc) is 2.23. The van der Waals surface area contributed by atoms with Gasteiger partial charge < -0.3 is 15.2 Å². The van der Waals surface area contributed by atoms with E-state index in [2.05, 4.69) is 11.4 Å². The number of carbonyl (C=O) groups excluding carboxylic acids is 1. The highest BCUT2D eigenvalue weighted by Gasteiger charge is 2.35. The summed E-state index contributed by atoms with van der Waals surface area (Å²) in [4.78, 5) is 23.2. The number of carbonyl (C=O) groups is 2. The largest absolute Gasteiger partial charge is 0.480 e. The van der Waals surface area contributed by atoms with Gasteiger partial charge in [-0.2, -0.15) is 0 Å². The monoisotopic (exact) mass is 283 g/mol. The van der Waals surface area contributed by atoms with Gasteiger partial charge in [-0.25, -0.2) is 9.59 Å². The molecule has 1 aliphatic carbocycles. The Labute approximate surface area is 120 Å². The second kappa shape index (κ2) is 6.29. The Kier molecular flexibility index (Phi) is 5.20. The van der Waals surface area contributed by atoms with E-state index in [1.165, 1.54) is 5.57 Å². The molecular formula is C15H25NO4. The number of amides is 1. The fourth-order valence-corrected chi connectivity index (χ4v) is 2.56. The molecule has 0 aromatic carbocycles. The van der Waals surface area contributed by atoms with E-state index < -0.39 is 23.7 Å². The second-order valence-electron chi connectivity index (χ2n) is 6.59. The third-order valence-corrected chi connectivity index (χ3v) is 3.48. The lowest BCUT2D eigenvalue weighted by Crippen LogP contribution is -2.49. The molecule has 1 amide bonds. The van der Waals surface area contributed by atoms with E-state index in [-0.39, 0.29) is 11.8 Å². The van der Waals surface area contributed by atoms with Gasteiger partial charge in [0.1, 0.15) is 11.6 Å². The molecule has 1 aliphatic rings. The molecule has 0 saturated heterocycles. The Morgan fingerprint density at radius 2 is 2.05 bits per heavy atom. The highest BCUT2D eigenvalue weighted by atomic mass is 16.6. The fourth-order valence-electron chi connectivity index (χ4n) is 2.56. The molecule has 3 unspecified atom stereocenters. The third-order valence-electron chi connectivity index (χ3n) is 3.48. The zero-order valence-electron chi connectivity index (χ0n) is 12.9. The van der Waals surface area contributed by atoms with E-state index >= 15 is 0 Å². The summed E-state index contributed by atoms with van der Waals surface area (Å²) in [6.45, 7) is 9.31. The molecule has 0 fully saturated rings. The van der Waals surface area contributed by atoms with Crippen molar-refractivity contribution < 1.29 is 19.4 Å². The summed E-state index contributed by atoms with van der Waals surface area (Å²) < 4.78 is 5.14. The van der Waals surface area contributed by atoms with Crippen LogP contribution in [0.5, 0.6) is 0 Å². The molecule has 0 aliphatic heterocycles. The lowest BCUT2D eigenvalue weighted by Gasteiger charge is -2.33. The van der Waals surface area contributed by atoms with Crippen molar-refractivity contribution in [3.05, 3.63) is 11.6 Å². The van der Waals surface area contributed by atoms with E-state index in [0.717, 1.165) is 6.42 Å². The minimum Gasteiger partial charge on any atom is -0.480 e. The predicted molar refractivity (Wildman–Crippen MR) is 76.4 cm³/mol. The van der Waals surface area contributed by atoms with Crippen LogP contribution >= 0.6 is 0 Å². The fraction of sp³-hybridized carbons (Fsp3) is 0.733. The summed E-state index contributed by atoms with van der Waals surface area (Å²) in [6.07, 6.45) is 2.91. The van der Waals surface area contributed by atoms with Gasteiger partial charge in [0, 0.05) is 0 Å². The van der Waals surface area contributed by atoms with Gasteiger partial charge in [-0.05, 0) is 52.4 Å². The van der Waals surface area contributed by atoms with Crippen molar-refractivity contribution in [1.29, 1.82) is 0 Å². The van der Waals surface area contributed by atoms with Crippen molar-refractivity contribution in [2.45, 2.75) is 59.1 Å². The van der Waals surface area contributed by atoms with Crippen molar-refractivity contribution >= 4 is 12.1 Å². The van der Waals surface area contributed by atoms with Gasteiger partial charge >= 0.3 is 12.1 Å². The number of carboxylic acid groups (broad SMARTS) is 1. The molecule has 20 heavy (non-hydrogen) atoms. The SMILES string of the molecule is CC1=CCC(C(NC(=O)OC(C)(C)C)C(=O)O)C(C)C1. The third kappa shape index (κ3) is 4.87. The molecule has 0 heterocycles. The first-order chi connectivity index (χ1) is 9.10. The normalized spacial score (nSPS) is 24.6. The zero-order chi connectivity index (χ0) is 15.5. The van der Waals surface area contributed by atoms with Crippen molar-refractivity contribution in [3.63, 3.8) is 0 Å². The summed E-state index contributed by atoms with van der Waals surface area (Å²) in [6, 6.07) is -0.913. The Balaban J connectivity index is 2.75. The van der Waals surface area contributed by atoms with Crippen LogP contribution in [0.25, 0.3) is 0 Å². The first-order valence-corrected chi connectivity index (χ1v) is 6.98. The maximum absolute atomic E-state index is 11.8. The standard InChI is InChI=1S/C15H25NO4/c1-9-6-7-11(10(2)8-9)12(13(17)18)16-14(19)20-15(3,4)5/h6,10-12H,7-8H2,1-5H3,(H,16,19)(H,17,18). The van der Waals surface area contributed by atoms with Gasteiger partial charge in [-0.15, -0.1) is 0 Å². The summed E-state index contributed by atoms with van der Waals surface area (Å²) in [5.74, 6) is -0.902. The van der Waals surface area contributed by atoms with Crippen LogP contribution in [0.3, 0.4) is 0 Å². The highest BCUT2D eigenvalue weighted by Crippen LogP contribution is 2.31. The van der Waals surface area contributed by atoms with Gasteiger partial charge in [0.25, 0.3) is 0 Å². The first-order valence-electron chi connectivity index (χ1n) is 6.98. The van der Waals surface area contributed by atoms with Crippen LogP contribution in [-0.4, -0.2) is 28.8 Å². The summed E-state index contributed by atoms with van der Waals surface area (Å²) >= 11 is 0. The van der Waals surface area contributed by atoms with Crippen LogP contribution in [0, 0.1) is 11.8 Å². The Morgan fingerprint density at radius 3 is 2.50 bits per heavy atom. The number of aliphatic carboxylic acids is 1. The average molecular weight is 283 g/mol. The molecule has 1 rings (SSSR count). The molecule has 3 atom stereocenters. The number of alkyl carbamates (subject to hydrolysis) is 1. The minimum absolute atomic E-state index is 0.108. The smallest absolute Gasteiger partial charge is 0.408 e. The topological polar surface area (TPSA) is 75.6 Å². The van der Waals surface area contributed by atoms with Crippen LogP contribution < -0.4 is 5.32 Å². The minimum atomic E-state index is -1.01. The Bertz CT molecular complexity index is 409.